The SMILES string of the molecule is CC(C)C[C@H](NC(=O)OCc1ccccc1)C(=O)N[C@@H](CCCNC(N)=O)C(=O)O. The molecule has 30 heavy (non-hydrogen) atoms. The molecule has 0 spiro atoms. The molecule has 10 heteroatoms. The Kier molecular flexibility index (Phi) is 10.7. The number of carboxylic acid groups (broad SMARTS) is 1. The monoisotopic (exact) mass is 422 g/mol. The largest absolute Gasteiger partial charge is 0.480 e. The summed E-state index contributed by atoms with van der Waals surface area (Å²) in [6, 6.07) is 6.26. The van der Waals surface area contributed by atoms with E-state index in [-0.39, 0.29) is 25.5 Å². The fourth-order valence-corrected chi connectivity index (χ4v) is 2.66. The van der Waals surface area contributed by atoms with Crippen LogP contribution >= 0.6 is 0 Å². The number of primary amides is 1. The maximum atomic E-state index is 12.6. The number of urea groups is 1. The van der Waals surface area contributed by atoms with Crippen LogP contribution in [0.4, 0.5) is 9.59 Å². The molecule has 0 radical (unpaired) electrons. The standard InChI is InChI=1S/C20H30N4O6/c1-13(2)11-16(24-20(29)30-12-14-7-4-3-5-8-14)17(25)23-15(18(26)27)9-6-10-22-19(21)28/h3-5,7-8,13,15-16H,6,9-12H2,1-2H3,(H,23,25)(H,24,29)(H,26,27)(H3,21,22,28)/t15-,16-/m0/s1. The fraction of sp³-hybridized carbons (Fsp3) is 0.500. The molecule has 0 bridgehead atoms. The van der Waals surface area contributed by atoms with Crippen LogP contribution in [0.5, 0.6) is 0 Å². The third kappa shape index (κ3) is 10.3. The molecule has 1 rings (SSSR count). The summed E-state index contributed by atoms with van der Waals surface area (Å²) < 4.78 is 5.15. The number of alkyl carbamates (subject to hydrolysis) is 1. The Morgan fingerprint density at radius 2 is 1.73 bits per heavy atom. The van der Waals surface area contributed by atoms with Crippen molar-refractivity contribution in [3.8, 4) is 0 Å². The summed E-state index contributed by atoms with van der Waals surface area (Å²) >= 11 is 0. The van der Waals surface area contributed by atoms with E-state index in [2.05, 4.69) is 16.0 Å². The minimum absolute atomic E-state index is 0.0489. The zero-order valence-electron chi connectivity index (χ0n) is 17.2. The second-order valence-electron chi connectivity index (χ2n) is 7.22. The van der Waals surface area contributed by atoms with Crippen LogP contribution in [0.3, 0.4) is 0 Å². The van der Waals surface area contributed by atoms with Gasteiger partial charge in [-0.25, -0.2) is 14.4 Å². The normalized spacial score (nSPS) is 12.5. The van der Waals surface area contributed by atoms with E-state index in [9.17, 15) is 24.3 Å². The van der Waals surface area contributed by atoms with Crippen molar-refractivity contribution < 1.29 is 29.0 Å². The Labute approximate surface area is 175 Å². The fourth-order valence-electron chi connectivity index (χ4n) is 2.66. The molecular weight excluding hydrogens is 392 g/mol. The van der Waals surface area contributed by atoms with Gasteiger partial charge in [0.25, 0.3) is 0 Å². The van der Waals surface area contributed by atoms with Gasteiger partial charge in [-0.3, -0.25) is 4.79 Å². The highest BCUT2D eigenvalue weighted by atomic mass is 16.5. The van der Waals surface area contributed by atoms with Gasteiger partial charge in [0.15, 0.2) is 0 Å². The number of carboxylic acids is 1. The van der Waals surface area contributed by atoms with E-state index in [0.717, 1.165) is 5.56 Å². The van der Waals surface area contributed by atoms with Crippen LogP contribution in [0, 0.1) is 5.92 Å². The molecule has 0 unspecified atom stereocenters. The summed E-state index contributed by atoms with van der Waals surface area (Å²) in [5.41, 5.74) is 5.75. The Hall–Kier alpha value is -3.30. The molecule has 10 nitrogen and oxygen atoms in total. The number of aliphatic carboxylic acids is 1. The van der Waals surface area contributed by atoms with E-state index in [4.69, 9.17) is 10.5 Å². The lowest BCUT2D eigenvalue weighted by atomic mass is 10.0. The van der Waals surface area contributed by atoms with Crippen LogP contribution in [0.1, 0.15) is 38.7 Å². The Morgan fingerprint density at radius 3 is 2.30 bits per heavy atom. The van der Waals surface area contributed by atoms with Crippen molar-refractivity contribution in [3.05, 3.63) is 35.9 Å². The number of nitrogens with one attached hydrogen (secondary N) is 3. The van der Waals surface area contributed by atoms with Crippen molar-refractivity contribution in [1.29, 1.82) is 0 Å². The molecule has 0 fully saturated rings. The maximum Gasteiger partial charge on any atom is 0.408 e. The molecule has 0 aliphatic heterocycles. The zero-order chi connectivity index (χ0) is 22.5. The first-order valence-electron chi connectivity index (χ1n) is 9.72. The Bertz CT molecular complexity index is 711. The van der Waals surface area contributed by atoms with Crippen LogP contribution in [-0.4, -0.2) is 47.7 Å². The quantitative estimate of drug-likeness (QED) is 0.320. The predicted octanol–water partition coefficient (Wildman–Crippen LogP) is 1.35. The van der Waals surface area contributed by atoms with Crippen LogP contribution in [-0.2, 0) is 20.9 Å². The topological polar surface area (TPSA) is 160 Å². The second-order valence-corrected chi connectivity index (χ2v) is 7.22. The van der Waals surface area contributed by atoms with Crippen molar-refractivity contribution in [3.63, 3.8) is 0 Å². The van der Waals surface area contributed by atoms with E-state index < -0.39 is 36.1 Å². The number of nitrogens with two attached hydrogens (primary N) is 1. The smallest absolute Gasteiger partial charge is 0.408 e. The minimum atomic E-state index is -1.21. The molecular formula is C20H30N4O6. The summed E-state index contributed by atoms with van der Waals surface area (Å²) in [5, 5.41) is 16.6. The van der Waals surface area contributed by atoms with Gasteiger partial charge in [-0.2, -0.15) is 0 Å². The van der Waals surface area contributed by atoms with Gasteiger partial charge in [0.05, 0.1) is 0 Å². The van der Waals surface area contributed by atoms with Crippen molar-refractivity contribution in [2.45, 2.75) is 51.8 Å². The second kappa shape index (κ2) is 13.0. The molecule has 166 valence electrons. The summed E-state index contributed by atoms with van der Waals surface area (Å²) in [6.45, 7) is 3.99. The number of hydrogen-bond donors (Lipinski definition) is 5. The van der Waals surface area contributed by atoms with Gasteiger partial charge >= 0.3 is 18.1 Å². The minimum Gasteiger partial charge on any atom is -0.480 e. The summed E-state index contributed by atoms with van der Waals surface area (Å²) in [5.74, 6) is -1.76. The number of rotatable bonds is 12. The van der Waals surface area contributed by atoms with Gasteiger partial charge in [0.1, 0.15) is 18.7 Å². The number of benzene rings is 1. The van der Waals surface area contributed by atoms with Gasteiger partial charge in [0.2, 0.25) is 5.91 Å². The molecule has 1 aromatic carbocycles. The average Bonchev–Trinajstić information content (AvgIpc) is 2.68. The van der Waals surface area contributed by atoms with E-state index in [1.54, 1.807) is 12.1 Å². The Balaban J connectivity index is 2.63. The lowest BCUT2D eigenvalue weighted by molar-refractivity contribution is -0.142. The first-order chi connectivity index (χ1) is 14.2. The molecule has 6 N–H and O–H groups in total. The maximum absolute atomic E-state index is 12.6. The molecule has 0 heterocycles. The van der Waals surface area contributed by atoms with Gasteiger partial charge in [-0.05, 0) is 30.7 Å². The Morgan fingerprint density at radius 1 is 1.07 bits per heavy atom. The highest BCUT2D eigenvalue weighted by Crippen LogP contribution is 2.08. The van der Waals surface area contributed by atoms with Crippen molar-refractivity contribution in [1.82, 2.24) is 16.0 Å². The van der Waals surface area contributed by atoms with E-state index in [1.165, 1.54) is 0 Å². The molecule has 4 amide bonds. The van der Waals surface area contributed by atoms with Crippen LogP contribution in [0.15, 0.2) is 30.3 Å². The lowest BCUT2D eigenvalue weighted by Gasteiger charge is -2.22. The highest BCUT2D eigenvalue weighted by molar-refractivity contribution is 5.89. The van der Waals surface area contributed by atoms with Crippen LogP contribution in [0.25, 0.3) is 0 Å². The van der Waals surface area contributed by atoms with Gasteiger partial charge in [0, 0.05) is 6.54 Å². The highest BCUT2D eigenvalue weighted by Gasteiger charge is 2.27. The number of ether oxygens (including phenoxy) is 1. The van der Waals surface area contributed by atoms with Crippen molar-refractivity contribution in [2.24, 2.45) is 11.7 Å². The number of carbonyl (C=O) groups excluding carboxylic acids is 3. The third-order valence-electron chi connectivity index (χ3n) is 4.11. The van der Waals surface area contributed by atoms with E-state index >= 15 is 0 Å². The van der Waals surface area contributed by atoms with Crippen LogP contribution in [0.2, 0.25) is 0 Å². The summed E-state index contributed by atoms with van der Waals surface area (Å²) in [7, 11) is 0. The molecule has 0 aliphatic carbocycles. The molecule has 0 saturated heterocycles. The average molecular weight is 422 g/mol. The van der Waals surface area contributed by atoms with E-state index in [1.807, 2.05) is 32.0 Å². The first-order valence-corrected chi connectivity index (χ1v) is 9.72. The molecule has 1 aromatic rings. The molecule has 0 aliphatic rings. The van der Waals surface area contributed by atoms with Gasteiger partial charge in [-0.15, -0.1) is 0 Å². The third-order valence-corrected chi connectivity index (χ3v) is 4.11. The number of hydrogen-bond acceptors (Lipinski definition) is 5. The first kappa shape index (κ1) is 24.7. The van der Waals surface area contributed by atoms with Crippen molar-refractivity contribution >= 4 is 24.0 Å². The number of carbonyl (C=O) groups is 4. The van der Waals surface area contributed by atoms with E-state index in [0.29, 0.717) is 12.8 Å². The predicted molar refractivity (Wildman–Crippen MR) is 109 cm³/mol. The molecule has 2 atom stereocenters. The van der Waals surface area contributed by atoms with Crippen LogP contribution < -0.4 is 21.7 Å². The lowest BCUT2D eigenvalue weighted by Crippen LogP contribution is -2.52. The van der Waals surface area contributed by atoms with Gasteiger partial charge < -0.3 is 31.5 Å². The molecule has 0 aromatic heterocycles. The summed E-state index contributed by atoms with van der Waals surface area (Å²) in [6.07, 6.45) is -0.0605. The molecule has 0 saturated carbocycles. The van der Waals surface area contributed by atoms with Crippen molar-refractivity contribution in [2.75, 3.05) is 6.54 Å². The zero-order valence-corrected chi connectivity index (χ0v) is 17.2. The number of amides is 4. The van der Waals surface area contributed by atoms with Gasteiger partial charge in [-0.1, -0.05) is 44.2 Å². The summed E-state index contributed by atoms with van der Waals surface area (Å²) in [4.78, 5) is 46.9.